The van der Waals surface area contributed by atoms with Gasteiger partial charge < -0.3 is 5.32 Å². The Morgan fingerprint density at radius 1 is 1.29 bits per heavy atom. The lowest BCUT2D eigenvalue weighted by Crippen LogP contribution is -2.26. The van der Waals surface area contributed by atoms with Gasteiger partial charge in [0.05, 0.1) is 10.9 Å². The molecule has 0 amide bonds. The summed E-state index contributed by atoms with van der Waals surface area (Å²) in [6.45, 7) is 1.71. The number of hydrogen-bond acceptors (Lipinski definition) is 3. The fourth-order valence-electron chi connectivity index (χ4n) is 2.22. The molecule has 0 bridgehead atoms. The standard InChI is InChI=1S/C12H16N2O2S/c15-17(16,10-4-5-10)14-12-3-1-2-9-6-7-13-8-11(9)12/h1-3,10,13-14H,4-8H2. The van der Waals surface area contributed by atoms with Gasteiger partial charge in [-0.15, -0.1) is 0 Å². The largest absolute Gasteiger partial charge is 0.312 e. The zero-order chi connectivity index (χ0) is 11.9. The van der Waals surface area contributed by atoms with Gasteiger partial charge in [0.15, 0.2) is 0 Å². The first-order chi connectivity index (χ1) is 8.17. The SMILES string of the molecule is O=S(=O)(Nc1cccc2c1CNCC2)C1CC1. The van der Waals surface area contributed by atoms with Crippen molar-refractivity contribution in [3.05, 3.63) is 29.3 Å². The third kappa shape index (κ3) is 2.17. The van der Waals surface area contributed by atoms with E-state index in [1.807, 2.05) is 12.1 Å². The minimum atomic E-state index is -3.15. The molecule has 0 spiro atoms. The first-order valence-corrected chi connectivity index (χ1v) is 7.54. The van der Waals surface area contributed by atoms with Crippen LogP contribution in [0.4, 0.5) is 5.69 Å². The molecular weight excluding hydrogens is 236 g/mol. The number of sulfonamides is 1. The Labute approximate surface area is 101 Å². The molecule has 5 heteroatoms. The van der Waals surface area contributed by atoms with Crippen LogP contribution in [-0.2, 0) is 23.0 Å². The Hall–Kier alpha value is -1.07. The summed E-state index contributed by atoms with van der Waals surface area (Å²) >= 11 is 0. The van der Waals surface area contributed by atoms with Crippen LogP contribution in [0.25, 0.3) is 0 Å². The van der Waals surface area contributed by atoms with Gasteiger partial charge in [-0.25, -0.2) is 8.42 Å². The van der Waals surface area contributed by atoms with E-state index in [4.69, 9.17) is 0 Å². The molecule has 1 aromatic carbocycles. The smallest absolute Gasteiger partial charge is 0.235 e. The van der Waals surface area contributed by atoms with Gasteiger partial charge in [-0.05, 0) is 43.0 Å². The lowest BCUT2D eigenvalue weighted by Gasteiger charge is -2.20. The molecule has 0 unspecified atom stereocenters. The van der Waals surface area contributed by atoms with Crippen LogP contribution in [0.1, 0.15) is 24.0 Å². The van der Waals surface area contributed by atoms with Crippen molar-refractivity contribution < 1.29 is 8.42 Å². The maximum absolute atomic E-state index is 11.9. The van der Waals surface area contributed by atoms with Crippen LogP contribution in [0, 0.1) is 0 Å². The lowest BCUT2D eigenvalue weighted by molar-refractivity contribution is 0.599. The molecule has 3 rings (SSSR count). The highest BCUT2D eigenvalue weighted by molar-refractivity contribution is 7.93. The second-order valence-electron chi connectivity index (χ2n) is 4.72. The summed E-state index contributed by atoms with van der Waals surface area (Å²) in [5, 5.41) is 3.11. The Morgan fingerprint density at radius 3 is 2.88 bits per heavy atom. The van der Waals surface area contributed by atoms with Gasteiger partial charge in [0.25, 0.3) is 0 Å². The van der Waals surface area contributed by atoms with Gasteiger partial charge in [0.1, 0.15) is 0 Å². The summed E-state index contributed by atoms with van der Waals surface area (Å²) in [4.78, 5) is 0. The van der Waals surface area contributed by atoms with Gasteiger partial charge in [-0.1, -0.05) is 12.1 Å². The molecule has 0 aromatic heterocycles. The molecule has 17 heavy (non-hydrogen) atoms. The van der Waals surface area contributed by atoms with E-state index in [9.17, 15) is 8.42 Å². The van der Waals surface area contributed by atoms with Crippen molar-refractivity contribution in [1.29, 1.82) is 0 Å². The number of nitrogens with one attached hydrogen (secondary N) is 2. The van der Waals surface area contributed by atoms with Crippen molar-refractivity contribution in [2.45, 2.75) is 31.1 Å². The molecule has 1 fully saturated rings. The van der Waals surface area contributed by atoms with Crippen molar-refractivity contribution in [3.63, 3.8) is 0 Å². The molecule has 2 aliphatic rings. The van der Waals surface area contributed by atoms with E-state index in [0.29, 0.717) is 0 Å². The van der Waals surface area contributed by atoms with Gasteiger partial charge >= 0.3 is 0 Å². The maximum atomic E-state index is 11.9. The Bertz CT molecular complexity index is 535. The van der Waals surface area contributed by atoms with Gasteiger partial charge in [-0.3, -0.25) is 4.72 Å². The normalized spacial score (nSPS) is 19.8. The van der Waals surface area contributed by atoms with Crippen LogP contribution in [0.2, 0.25) is 0 Å². The maximum Gasteiger partial charge on any atom is 0.235 e. The molecule has 1 heterocycles. The first-order valence-electron chi connectivity index (χ1n) is 6.00. The molecule has 0 saturated heterocycles. The predicted octanol–water partition coefficient (Wildman–Crippen LogP) is 1.24. The Balaban J connectivity index is 1.92. The third-order valence-electron chi connectivity index (χ3n) is 3.36. The number of fused-ring (bicyclic) bond motifs is 1. The molecular formula is C12H16N2O2S. The quantitative estimate of drug-likeness (QED) is 0.851. The van der Waals surface area contributed by atoms with E-state index in [-0.39, 0.29) is 5.25 Å². The fourth-order valence-corrected chi connectivity index (χ4v) is 3.65. The minimum absolute atomic E-state index is 0.171. The van der Waals surface area contributed by atoms with Crippen LogP contribution in [0.3, 0.4) is 0 Å². The van der Waals surface area contributed by atoms with E-state index >= 15 is 0 Å². The minimum Gasteiger partial charge on any atom is -0.312 e. The zero-order valence-corrected chi connectivity index (χ0v) is 10.4. The van der Waals surface area contributed by atoms with Gasteiger partial charge in [0.2, 0.25) is 10.0 Å². The van der Waals surface area contributed by atoms with E-state index < -0.39 is 10.0 Å². The van der Waals surface area contributed by atoms with Crippen LogP contribution < -0.4 is 10.0 Å². The van der Waals surface area contributed by atoms with Crippen molar-refractivity contribution in [2.24, 2.45) is 0 Å². The lowest BCUT2D eigenvalue weighted by atomic mass is 10.00. The van der Waals surface area contributed by atoms with E-state index in [1.165, 1.54) is 5.56 Å². The third-order valence-corrected chi connectivity index (χ3v) is 5.21. The molecule has 0 radical (unpaired) electrons. The molecule has 1 saturated carbocycles. The van der Waals surface area contributed by atoms with Gasteiger partial charge in [0, 0.05) is 6.54 Å². The second-order valence-corrected chi connectivity index (χ2v) is 6.68. The van der Waals surface area contributed by atoms with Gasteiger partial charge in [-0.2, -0.15) is 0 Å². The zero-order valence-electron chi connectivity index (χ0n) is 9.57. The summed E-state index contributed by atoms with van der Waals surface area (Å²) in [5.74, 6) is 0. The predicted molar refractivity (Wildman–Crippen MR) is 67.4 cm³/mol. The molecule has 1 aliphatic carbocycles. The summed E-state index contributed by atoms with van der Waals surface area (Å²) in [6.07, 6.45) is 2.56. The summed E-state index contributed by atoms with van der Waals surface area (Å²) in [6, 6.07) is 5.85. The highest BCUT2D eigenvalue weighted by atomic mass is 32.2. The monoisotopic (exact) mass is 252 g/mol. The molecule has 1 aromatic rings. The number of hydrogen-bond donors (Lipinski definition) is 2. The van der Waals surface area contributed by atoms with Crippen LogP contribution >= 0.6 is 0 Å². The fraction of sp³-hybridized carbons (Fsp3) is 0.500. The summed E-state index contributed by atoms with van der Waals surface area (Å²) < 4.78 is 26.6. The number of rotatable bonds is 3. The second kappa shape index (κ2) is 3.99. The molecule has 2 N–H and O–H groups in total. The highest BCUT2D eigenvalue weighted by Crippen LogP contribution is 2.31. The van der Waals surface area contributed by atoms with Crippen molar-refractivity contribution in [2.75, 3.05) is 11.3 Å². The molecule has 92 valence electrons. The summed E-state index contributed by atoms with van der Waals surface area (Å²) in [5.41, 5.74) is 3.10. The molecule has 0 atom stereocenters. The molecule has 4 nitrogen and oxygen atoms in total. The first kappa shape index (κ1) is 11.0. The molecule has 1 aliphatic heterocycles. The van der Waals surface area contributed by atoms with Crippen LogP contribution in [0.5, 0.6) is 0 Å². The Kier molecular flexibility index (Phi) is 2.60. The van der Waals surface area contributed by atoms with Crippen molar-refractivity contribution >= 4 is 15.7 Å². The topological polar surface area (TPSA) is 58.2 Å². The number of anilines is 1. The van der Waals surface area contributed by atoms with E-state index in [0.717, 1.165) is 43.6 Å². The average Bonchev–Trinajstić information content (AvgIpc) is 3.13. The van der Waals surface area contributed by atoms with Crippen LogP contribution in [0.15, 0.2) is 18.2 Å². The summed E-state index contributed by atoms with van der Waals surface area (Å²) in [7, 11) is -3.15. The number of benzene rings is 1. The van der Waals surface area contributed by atoms with E-state index in [1.54, 1.807) is 0 Å². The Morgan fingerprint density at radius 2 is 2.12 bits per heavy atom. The van der Waals surface area contributed by atoms with E-state index in [2.05, 4.69) is 16.1 Å². The average molecular weight is 252 g/mol. The highest BCUT2D eigenvalue weighted by Gasteiger charge is 2.36. The van der Waals surface area contributed by atoms with Crippen molar-refractivity contribution in [1.82, 2.24) is 5.32 Å². The van der Waals surface area contributed by atoms with Crippen LogP contribution in [-0.4, -0.2) is 20.2 Å². The van der Waals surface area contributed by atoms with Crippen molar-refractivity contribution in [3.8, 4) is 0 Å².